The lowest BCUT2D eigenvalue weighted by atomic mass is 10.0. The van der Waals surface area contributed by atoms with Gasteiger partial charge < -0.3 is 19.9 Å². The predicted octanol–water partition coefficient (Wildman–Crippen LogP) is 1.95. The van der Waals surface area contributed by atoms with Gasteiger partial charge >= 0.3 is 0 Å². The van der Waals surface area contributed by atoms with E-state index in [0.717, 1.165) is 51.2 Å². The maximum absolute atomic E-state index is 12.2. The van der Waals surface area contributed by atoms with Gasteiger partial charge in [0, 0.05) is 38.0 Å². The van der Waals surface area contributed by atoms with Crippen LogP contribution in [0.4, 0.5) is 0 Å². The number of amides is 1. The molecule has 0 saturated carbocycles. The number of aromatic nitrogens is 1. The van der Waals surface area contributed by atoms with Crippen molar-refractivity contribution >= 4 is 5.91 Å². The summed E-state index contributed by atoms with van der Waals surface area (Å²) in [4.78, 5) is 17.9. The zero-order valence-corrected chi connectivity index (χ0v) is 13.4. The van der Waals surface area contributed by atoms with Crippen LogP contribution in [0.25, 0.3) is 0 Å². The maximum atomic E-state index is 12.2. The fourth-order valence-corrected chi connectivity index (χ4v) is 3.38. The summed E-state index contributed by atoms with van der Waals surface area (Å²) in [6, 6.07) is 4.15. The molecule has 0 spiro atoms. The Morgan fingerprint density at radius 3 is 2.82 bits per heavy atom. The van der Waals surface area contributed by atoms with Crippen LogP contribution < -0.4 is 5.32 Å². The first-order chi connectivity index (χ1) is 10.7. The summed E-state index contributed by atoms with van der Waals surface area (Å²) in [6.45, 7) is 6.16. The van der Waals surface area contributed by atoms with Gasteiger partial charge in [-0.1, -0.05) is 6.92 Å². The minimum atomic E-state index is 0.0253. The molecule has 0 unspecified atom stereocenters. The molecule has 2 fully saturated rings. The second-order valence-electron chi connectivity index (χ2n) is 6.43. The Kier molecular flexibility index (Phi) is 5.16. The number of H-pyrrole nitrogens is 1. The summed E-state index contributed by atoms with van der Waals surface area (Å²) in [5.41, 5.74) is 1.79. The number of aryl methyl sites for hydroxylation is 1. The molecule has 22 heavy (non-hydrogen) atoms. The SMILES string of the molecule is CCc1ccc(C(=O)NC2CCN(C[C@H]3CCCO3)CC2)[nH]1. The van der Waals surface area contributed by atoms with Crippen molar-refractivity contribution in [3.05, 3.63) is 23.5 Å². The van der Waals surface area contributed by atoms with Gasteiger partial charge in [0.2, 0.25) is 0 Å². The van der Waals surface area contributed by atoms with E-state index >= 15 is 0 Å². The number of hydrogen-bond donors (Lipinski definition) is 2. The highest BCUT2D eigenvalue weighted by atomic mass is 16.5. The molecule has 1 atom stereocenters. The molecule has 1 aromatic heterocycles. The third kappa shape index (κ3) is 3.90. The average Bonchev–Trinajstić information content (AvgIpc) is 3.20. The molecule has 3 rings (SSSR count). The molecule has 3 heterocycles. The van der Waals surface area contributed by atoms with Crippen LogP contribution in [-0.4, -0.2) is 54.2 Å². The van der Waals surface area contributed by atoms with Crippen molar-refractivity contribution in [2.75, 3.05) is 26.2 Å². The first-order valence-electron chi connectivity index (χ1n) is 8.57. The molecule has 0 aliphatic carbocycles. The number of likely N-dealkylation sites (tertiary alicyclic amines) is 1. The van der Waals surface area contributed by atoms with Crippen molar-refractivity contribution in [2.24, 2.45) is 0 Å². The Morgan fingerprint density at radius 1 is 1.36 bits per heavy atom. The van der Waals surface area contributed by atoms with Crippen molar-refractivity contribution in [3.8, 4) is 0 Å². The van der Waals surface area contributed by atoms with Crippen LogP contribution >= 0.6 is 0 Å². The topological polar surface area (TPSA) is 57.4 Å². The Labute approximate surface area is 132 Å². The highest BCUT2D eigenvalue weighted by molar-refractivity contribution is 5.92. The molecule has 0 bridgehead atoms. The van der Waals surface area contributed by atoms with Gasteiger partial charge in [-0.15, -0.1) is 0 Å². The zero-order valence-electron chi connectivity index (χ0n) is 13.4. The highest BCUT2D eigenvalue weighted by Gasteiger charge is 2.25. The molecule has 2 N–H and O–H groups in total. The van der Waals surface area contributed by atoms with E-state index in [4.69, 9.17) is 4.74 Å². The van der Waals surface area contributed by atoms with Crippen LogP contribution in [-0.2, 0) is 11.2 Å². The molecule has 2 saturated heterocycles. The molecular weight excluding hydrogens is 278 g/mol. The average molecular weight is 305 g/mol. The van der Waals surface area contributed by atoms with Crippen molar-refractivity contribution in [1.29, 1.82) is 0 Å². The summed E-state index contributed by atoms with van der Waals surface area (Å²) in [5.74, 6) is 0.0253. The first-order valence-corrected chi connectivity index (χ1v) is 8.57. The van der Waals surface area contributed by atoms with E-state index in [1.54, 1.807) is 0 Å². The minimum absolute atomic E-state index is 0.0253. The Balaban J connectivity index is 1.42. The summed E-state index contributed by atoms with van der Waals surface area (Å²) in [6.07, 6.45) is 5.81. The smallest absolute Gasteiger partial charge is 0.267 e. The standard InChI is InChI=1S/C17H27N3O2/c1-2-13-5-6-16(18-13)17(21)19-14-7-9-20(10-8-14)12-15-4-3-11-22-15/h5-6,14-15,18H,2-4,7-12H2,1H3,(H,19,21)/t15-/m1/s1. The molecule has 122 valence electrons. The van der Waals surface area contributed by atoms with E-state index in [0.29, 0.717) is 17.8 Å². The van der Waals surface area contributed by atoms with E-state index in [1.807, 2.05) is 12.1 Å². The molecule has 5 nitrogen and oxygen atoms in total. The van der Waals surface area contributed by atoms with Gasteiger partial charge in [-0.3, -0.25) is 4.79 Å². The van der Waals surface area contributed by atoms with Gasteiger partial charge in [-0.2, -0.15) is 0 Å². The normalized spacial score (nSPS) is 23.8. The number of piperidine rings is 1. The predicted molar refractivity (Wildman–Crippen MR) is 86.1 cm³/mol. The number of hydrogen-bond acceptors (Lipinski definition) is 3. The number of ether oxygens (including phenoxy) is 1. The second-order valence-corrected chi connectivity index (χ2v) is 6.43. The first kappa shape index (κ1) is 15.6. The van der Waals surface area contributed by atoms with E-state index < -0.39 is 0 Å². The zero-order chi connectivity index (χ0) is 15.4. The van der Waals surface area contributed by atoms with Gasteiger partial charge in [-0.25, -0.2) is 0 Å². The Hall–Kier alpha value is -1.33. The van der Waals surface area contributed by atoms with Crippen molar-refractivity contribution in [3.63, 3.8) is 0 Å². The Morgan fingerprint density at radius 2 is 2.18 bits per heavy atom. The number of nitrogens with zero attached hydrogens (tertiary/aromatic N) is 1. The number of carbonyl (C=O) groups is 1. The van der Waals surface area contributed by atoms with Crippen molar-refractivity contribution < 1.29 is 9.53 Å². The number of nitrogens with one attached hydrogen (secondary N) is 2. The van der Waals surface area contributed by atoms with Gasteiger partial charge in [0.15, 0.2) is 0 Å². The summed E-state index contributed by atoms with van der Waals surface area (Å²) < 4.78 is 5.70. The molecule has 1 aromatic rings. The van der Waals surface area contributed by atoms with Gasteiger partial charge in [-0.05, 0) is 44.2 Å². The minimum Gasteiger partial charge on any atom is -0.377 e. The van der Waals surface area contributed by atoms with Crippen molar-refractivity contribution in [1.82, 2.24) is 15.2 Å². The van der Waals surface area contributed by atoms with E-state index in [2.05, 4.69) is 22.1 Å². The summed E-state index contributed by atoms with van der Waals surface area (Å²) in [7, 11) is 0. The van der Waals surface area contributed by atoms with Gasteiger partial charge in [0.1, 0.15) is 5.69 Å². The molecule has 2 aliphatic heterocycles. The van der Waals surface area contributed by atoms with Gasteiger partial charge in [0.05, 0.1) is 6.10 Å². The van der Waals surface area contributed by atoms with E-state index in [9.17, 15) is 4.79 Å². The number of carbonyl (C=O) groups excluding carboxylic acids is 1. The highest BCUT2D eigenvalue weighted by Crippen LogP contribution is 2.17. The van der Waals surface area contributed by atoms with Crippen LogP contribution in [0.2, 0.25) is 0 Å². The van der Waals surface area contributed by atoms with Crippen molar-refractivity contribution in [2.45, 2.75) is 51.2 Å². The maximum Gasteiger partial charge on any atom is 0.267 e. The Bertz CT molecular complexity index is 486. The molecular formula is C17H27N3O2. The summed E-state index contributed by atoms with van der Waals surface area (Å²) in [5, 5.41) is 3.16. The lowest BCUT2D eigenvalue weighted by Crippen LogP contribution is -2.46. The van der Waals surface area contributed by atoms with Crippen LogP contribution in [0.3, 0.4) is 0 Å². The van der Waals surface area contributed by atoms with E-state index in [-0.39, 0.29) is 5.91 Å². The molecule has 5 heteroatoms. The van der Waals surface area contributed by atoms with Crippen LogP contribution in [0, 0.1) is 0 Å². The lowest BCUT2D eigenvalue weighted by molar-refractivity contribution is 0.0612. The fourth-order valence-electron chi connectivity index (χ4n) is 3.38. The number of rotatable bonds is 5. The largest absolute Gasteiger partial charge is 0.377 e. The molecule has 1 amide bonds. The third-order valence-electron chi connectivity index (χ3n) is 4.78. The van der Waals surface area contributed by atoms with Crippen LogP contribution in [0.5, 0.6) is 0 Å². The third-order valence-corrected chi connectivity index (χ3v) is 4.78. The molecule has 2 aliphatic rings. The van der Waals surface area contributed by atoms with Gasteiger partial charge in [0.25, 0.3) is 5.91 Å². The van der Waals surface area contributed by atoms with E-state index in [1.165, 1.54) is 12.8 Å². The molecule has 0 aromatic carbocycles. The molecule has 0 radical (unpaired) electrons. The quantitative estimate of drug-likeness (QED) is 0.874. The summed E-state index contributed by atoms with van der Waals surface area (Å²) >= 11 is 0. The monoisotopic (exact) mass is 305 g/mol. The lowest BCUT2D eigenvalue weighted by Gasteiger charge is -2.33. The van der Waals surface area contributed by atoms with Crippen LogP contribution in [0.1, 0.15) is 48.8 Å². The number of aromatic amines is 1. The fraction of sp³-hybridized carbons (Fsp3) is 0.706. The second kappa shape index (κ2) is 7.29. The van der Waals surface area contributed by atoms with Crippen LogP contribution in [0.15, 0.2) is 12.1 Å².